The molecule has 1 atom stereocenters. The van der Waals surface area contributed by atoms with Crippen LogP contribution in [0.15, 0.2) is 0 Å². The summed E-state index contributed by atoms with van der Waals surface area (Å²) < 4.78 is 42.2. The molecule has 0 aromatic carbocycles. The predicted octanol–water partition coefficient (Wildman–Crippen LogP) is 1.09. The van der Waals surface area contributed by atoms with E-state index in [0.717, 1.165) is 12.0 Å². The van der Waals surface area contributed by atoms with E-state index in [4.69, 9.17) is 5.11 Å². The molecule has 1 amide bonds. The monoisotopic (exact) mass is 241 g/mol. The largest absolute Gasteiger partial charge is 0.481 e. The molecule has 92 valence electrons. The molecule has 1 heterocycles. The molecule has 1 unspecified atom stereocenters. The normalized spacial score (nSPS) is 25.6. The number of carbonyl (C=O) groups excluding carboxylic acids is 1. The minimum absolute atomic E-state index is 0.279. The van der Waals surface area contributed by atoms with E-state index in [9.17, 15) is 22.8 Å². The molecule has 0 aromatic heterocycles. The lowest BCUT2D eigenvalue weighted by Crippen LogP contribution is -2.47. The summed E-state index contributed by atoms with van der Waals surface area (Å²) in [5, 5.41) is 8.67. The van der Waals surface area contributed by atoms with Crippen molar-refractivity contribution in [2.45, 2.75) is 12.6 Å². The highest BCUT2D eigenvalue weighted by molar-refractivity contribution is 5.78. The molecule has 1 aliphatic heterocycles. The van der Waals surface area contributed by atoms with Crippen molar-refractivity contribution in [2.24, 2.45) is 5.41 Å². The number of halogens is 3. The van der Waals surface area contributed by atoms with Crippen molar-refractivity contribution in [3.05, 3.63) is 0 Å². The summed E-state index contributed by atoms with van der Waals surface area (Å²) in [7, 11) is 1.02. The first-order valence-electron chi connectivity index (χ1n) is 4.37. The zero-order chi connectivity index (χ0) is 12.6. The van der Waals surface area contributed by atoms with E-state index in [1.165, 1.54) is 0 Å². The summed E-state index contributed by atoms with van der Waals surface area (Å²) in [5.41, 5.74) is -2.87. The molecule has 0 bridgehead atoms. The lowest BCUT2D eigenvalue weighted by Gasteiger charge is -2.26. The van der Waals surface area contributed by atoms with Crippen molar-refractivity contribution in [3.8, 4) is 0 Å². The van der Waals surface area contributed by atoms with Gasteiger partial charge in [-0.3, -0.25) is 4.79 Å². The Bertz CT molecular complexity index is 317. The molecule has 8 heteroatoms. The van der Waals surface area contributed by atoms with E-state index < -0.39 is 36.6 Å². The Morgan fingerprint density at radius 1 is 1.44 bits per heavy atom. The number of likely N-dealkylation sites (tertiary alicyclic amines) is 1. The molecule has 0 spiro atoms. The van der Waals surface area contributed by atoms with Crippen LogP contribution in [-0.2, 0) is 9.53 Å². The topological polar surface area (TPSA) is 66.8 Å². The summed E-state index contributed by atoms with van der Waals surface area (Å²) in [4.78, 5) is 22.5. The van der Waals surface area contributed by atoms with Crippen LogP contribution in [0.4, 0.5) is 18.0 Å². The molecule has 1 fully saturated rings. The highest BCUT2D eigenvalue weighted by Gasteiger charge is 2.64. The van der Waals surface area contributed by atoms with Crippen LogP contribution >= 0.6 is 0 Å². The van der Waals surface area contributed by atoms with Crippen LogP contribution in [-0.4, -0.2) is 48.4 Å². The molecule has 1 saturated heterocycles. The lowest BCUT2D eigenvalue weighted by molar-refractivity contribution is -0.227. The maximum Gasteiger partial charge on any atom is 0.409 e. The van der Waals surface area contributed by atoms with E-state index in [1.54, 1.807) is 0 Å². The number of carbonyl (C=O) groups is 2. The second kappa shape index (κ2) is 3.84. The van der Waals surface area contributed by atoms with Crippen LogP contribution in [0.2, 0.25) is 0 Å². The van der Waals surface area contributed by atoms with Gasteiger partial charge in [0.2, 0.25) is 0 Å². The number of carboxylic acid groups (broad SMARTS) is 1. The van der Waals surface area contributed by atoms with Crippen LogP contribution in [0.3, 0.4) is 0 Å². The number of carboxylic acids is 1. The van der Waals surface area contributed by atoms with Gasteiger partial charge in [-0.2, -0.15) is 13.2 Å². The van der Waals surface area contributed by atoms with E-state index in [2.05, 4.69) is 4.74 Å². The third kappa shape index (κ3) is 1.79. The zero-order valence-electron chi connectivity index (χ0n) is 8.37. The van der Waals surface area contributed by atoms with Crippen LogP contribution < -0.4 is 0 Å². The number of rotatable bonds is 1. The maximum absolute atomic E-state index is 12.6. The van der Waals surface area contributed by atoms with Gasteiger partial charge in [0, 0.05) is 13.1 Å². The standard InChI is InChI=1S/C8H10F3NO4/c1-16-6(15)12-3-2-7(4-12,5(13)14)8(9,10)11/h2-4H2,1H3,(H,13,14). The highest BCUT2D eigenvalue weighted by Crippen LogP contribution is 2.45. The average molecular weight is 241 g/mol. The molecule has 0 radical (unpaired) electrons. The molecular formula is C8H10F3NO4. The quantitative estimate of drug-likeness (QED) is 0.746. The Hall–Kier alpha value is -1.47. The van der Waals surface area contributed by atoms with Crippen LogP contribution in [0.25, 0.3) is 0 Å². The fourth-order valence-corrected chi connectivity index (χ4v) is 1.62. The average Bonchev–Trinajstić information content (AvgIpc) is 2.61. The second-order valence-corrected chi connectivity index (χ2v) is 3.53. The number of nitrogens with zero attached hydrogens (tertiary/aromatic N) is 1. The number of aliphatic carboxylic acids is 1. The van der Waals surface area contributed by atoms with Gasteiger partial charge in [0.25, 0.3) is 0 Å². The van der Waals surface area contributed by atoms with Gasteiger partial charge >= 0.3 is 18.2 Å². The Balaban J connectivity index is 2.94. The summed E-state index contributed by atoms with van der Waals surface area (Å²) in [6, 6.07) is 0. The van der Waals surface area contributed by atoms with Gasteiger partial charge < -0.3 is 14.7 Å². The number of ether oxygens (including phenoxy) is 1. The predicted molar refractivity (Wildman–Crippen MR) is 44.7 cm³/mol. The fraction of sp³-hybridized carbons (Fsp3) is 0.750. The van der Waals surface area contributed by atoms with Crippen molar-refractivity contribution in [2.75, 3.05) is 20.2 Å². The molecule has 1 N–H and O–H groups in total. The third-order valence-electron chi connectivity index (χ3n) is 2.65. The number of hydrogen-bond donors (Lipinski definition) is 1. The summed E-state index contributed by atoms with van der Waals surface area (Å²) in [5.74, 6) is -1.97. The zero-order valence-corrected chi connectivity index (χ0v) is 8.37. The number of amides is 1. The van der Waals surface area contributed by atoms with Crippen molar-refractivity contribution in [1.29, 1.82) is 0 Å². The molecule has 0 aliphatic carbocycles. The van der Waals surface area contributed by atoms with E-state index in [0.29, 0.717) is 0 Å². The van der Waals surface area contributed by atoms with E-state index >= 15 is 0 Å². The highest BCUT2D eigenvalue weighted by atomic mass is 19.4. The van der Waals surface area contributed by atoms with Crippen LogP contribution in [0.5, 0.6) is 0 Å². The Kier molecular flexibility index (Phi) is 3.02. The summed E-state index contributed by atoms with van der Waals surface area (Å²) in [6.07, 6.45) is -6.49. The fourth-order valence-electron chi connectivity index (χ4n) is 1.62. The Labute approximate surface area is 88.8 Å². The van der Waals surface area contributed by atoms with Crippen molar-refractivity contribution in [3.63, 3.8) is 0 Å². The molecule has 0 saturated carbocycles. The Morgan fingerprint density at radius 2 is 2.00 bits per heavy atom. The Morgan fingerprint density at radius 3 is 2.31 bits per heavy atom. The number of alkyl halides is 3. The SMILES string of the molecule is COC(=O)N1CCC(C(=O)O)(C(F)(F)F)C1. The third-order valence-corrected chi connectivity index (χ3v) is 2.65. The van der Waals surface area contributed by atoms with E-state index in [-0.39, 0.29) is 6.54 Å². The summed E-state index contributed by atoms with van der Waals surface area (Å²) >= 11 is 0. The second-order valence-electron chi connectivity index (χ2n) is 3.53. The van der Waals surface area contributed by atoms with E-state index in [1.807, 2.05) is 0 Å². The number of hydrogen-bond acceptors (Lipinski definition) is 3. The first-order chi connectivity index (χ1) is 7.24. The van der Waals surface area contributed by atoms with Gasteiger partial charge in [0.05, 0.1) is 7.11 Å². The van der Waals surface area contributed by atoms with Gasteiger partial charge in [0.1, 0.15) is 0 Å². The van der Waals surface area contributed by atoms with Gasteiger partial charge in [-0.15, -0.1) is 0 Å². The van der Waals surface area contributed by atoms with Crippen molar-refractivity contribution >= 4 is 12.1 Å². The maximum atomic E-state index is 12.6. The first-order valence-corrected chi connectivity index (χ1v) is 4.37. The van der Waals surface area contributed by atoms with Gasteiger partial charge in [-0.05, 0) is 6.42 Å². The molecule has 0 aromatic rings. The minimum Gasteiger partial charge on any atom is -0.481 e. The van der Waals surface area contributed by atoms with Crippen molar-refractivity contribution in [1.82, 2.24) is 4.90 Å². The van der Waals surface area contributed by atoms with Crippen molar-refractivity contribution < 1.29 is 32.6 Å². The van der Waals surface area contributed by atoms with Gasteiger partial charge in [-0.25, -0.2) is 4.79 Å². The molecular weight excluding hydrogens is 231 g/mol. The summed E-state index contributed by atoms with van der Waals surface area (Å²) in [6.45, 7) is -1.18. The number of methoxy groups -OCH3 is 1. The minimum atomic E-state index is -4.89. The first kappa shape index (κ1) is 12.6. The lowest BCUT2D eigenvalue weighted by atomic mass is 9.86. The molecule has 5 nitrogen and oxygen atoms in total. The molecule has 1 rings (SSSR count). The van der Waals surface area contributed by atoms with Crippen LogP contribution in [0, 0.1) is 5.41 Å². The van der Waals surface area contributed by atoms with Gasteiger partial charge in [0.15, 0.2) is 5.41 Å². The smallest absolute Gasteiger partial charge is 0.409 e. The molecule has 16 heavy (non-hydrogen) atoms. The van der Waals surface area contributed by atoms with Gasteiger partial charge in [-0.1, -0.05) is 0 Å². The van der Waals surface area contributed by atoms with Crippen LogP contribution in [0.1, 0.15) is 6.42 Å². The molecule has 1 aliphatic rings.